The number of nitrogen functional groups attached to an aromatic ring is 1. The van der Waals surface area contributed by atoms with Gasteiger partial charge in [-0.25, -0.2) is 0 Å². The van der Waals surface area contributed by atoms with Crippen molar-refractivity contribution in [1.82, 2.24) is 10.6 Å². The molecule has 0 radical (unpaired) electrons. The summed E-state index contributed by atoms with van der Waals surface area (Å²) in [7, 11) is 0. The van der Waals surface area contributed by atoms with Crippen LogP contribution >= 0.6 is 0 Å². The largest absolute Gasteiger partial charge is 0.481 e. The molecule has 0 aliphatic heterocycles. The van der Waals surface area contributed by atoms with Gasteiger partial charge in [-0.1, -0.05) is 12.1 Å². The molecule has 35 heavy (non-hydrogen) atoms. The molecule has 0 aliphatic rings. The second-order valence-corrected chi connectivity index (χ2v) is 6.05. The van der Waals surface area contributed by atoms with Crippen molar-refractivity contribution in [2.75, 3.05) is 31.9 Å². The average molecular weight is 509 g/mol. The highest BCUT2D eigenvalue weighted by atomic mass is 16.4. The van der Waals surface area contributed by atoms with Crippen molar-refractivity contribution in [3.05, 3.63) is 29.8 Å². The third kappa shape index (κ3) is 119. The second-order valence-electron chi connectivity index (χ2n) is 6.05. The Balaban J connectivity index is -0.000000123. The Kier molecular flexibility index (Phi) is 38.5. The lowest BCUT2D eigenvalue weighted by molar-refractivity contribution is -0.135. The van der Waals surface area contributed by atoms with Gasteiger partial charge in [0.2, 0.25) is 0 Å². The summed E-state index contributed by atoms with van der Waals surface area (Å²) in [5, 5.41) is 43.6. The summed E-state index contributed by atoms with van der Waals surface area (Å²) in [5.41, 5.74) is 13.0. The van der Waals surface area contributed by atoms with Crippen molar-refractivity contribution in [3.8, 4) is 0 Å². The molecule has 1 aromatic rings. The van der Waals surface area contributed by atoms with E-state index in [0.717, 1.165) is 66.5 Å². The van der Waals surface area contributed by atoms with E-state index in [1.54, 1.807) is 0 Å². The fraction of sp³-hybridized carbons (Fsp3) is 0.476. The summed E-state index contributed by atoms with van der Waals surface area (Å²) in [6.45, 7) is 9.77. The van der Waals surface area contributed by atoms with Gasteiger partial charge in [-0.15, -0.1) is 0 Å². The van der Waals surface area contributed by atoms with E-state index in [2.05, 4.69) is 10.6 Å². The minimum absolute atomic E-state index is 0.692. The second kappa shape index (κ2) is 32.4. The van der Waals surface area contributed by atoms with E-state index in [1.807, 2.05) is 24.3 Å². The van der Waals surface area contributed by atoms with E-state index in [0.29, 0.717) is 6.54 Å². The third-order valence-electron chi connectivity index (χ3n) is 2.11. The number of aliphatic carboxylic acids is 5. The van der Waals surface area contributed by atoms with Crippen LogP contribution in [0.2, 0.25) is 0 Å². The molecule has 0 saturated heterocycles. The number of carboxylic acid groups (broad SMARTS) is 5. The zero-order chi connectivity index (χ0) is 28.8. The molecule has 0 aliphatic carbocycles. The molecule has 0 bridgehead atoms. The summed E-state index contributed by atoms with van der Waals surface area (Å²) in [6.07, 6.45) is 0. The summed E-state index contributed by atoms with van der Waals surface area (Å²) < 4.78 is 0. The zero-order valence-electron chi connectivity index (χ0n) is 20.8. The molecule has 204 valence electrons. The van der Waals surface area contributed by atoms with E-state index in [-0.39, 0.29) is 0 Å². The Morgan fingerprint density at radius 2 is 0.914 bits per heavy atom. The van der Waals surface area contributed by atoms with Crippen LogP contribution in [0.4, 0.5) is 5.69 Å². The minimum atomic E-state index is -0.833. The summed E-state index contributed by atoms with van der Waals surface area (Å²) in [5.74, 6) is -4.17. The molecule has 14 heteroatoms. The predicted molar refractivity (Wildman–Crippen MR) is 131 cm³/mol. The first-order valence-electron chi connectivity index (χ1n) is 9.92. The van der Waals surface area contributed by atoms with Crippen LogP contribution in [0.15, 0.2) is 24.3 Å². The Morgan fingerprint density at radius 3 is 1.20 bits per heavy atom. The number of carboxylic acids is 5. The van der Waals surface area contributed by atoms with Crippen molar-refractivity contribution in [2.45, 2.75) is 41.2 Å². The number of carbonyl (C=O) groups is 5. The maximum atomic E-state index is 9.00. The Labute approximate surface area is 204 Å². The lowest BCUT2D eigenvalue weighted by atomic mass is 10.2. The first-order chi connectivity index (χ1) is 16.0. The van der Waals surface area contributed by atoms with Crippen molar-refractivity contribution in [2.24, 2.45) is 5.73 Å². The third-order valence-corrected chi connectivity index (χ3v) is 2.11. The van der Waals surface area contributed by atoms with E-state index in [1.165, 1.54) is 5.56 Å². The molecule has 0 amide bonds. The molecule has 1 aromatic carbocycles. The van der Waals surface area contributed by atoms with Crippen LogP contribution in [0.25, 0.3) is 0 Å². The standard InChI is InChI=1S/C11H20N4.5C2H4O2/c12-5-6-14-7-8-15-9-10-1-3-11(13)4-2-10;5*1-2(3)4/h1-4,14-15H,5-9,12-13H2;5*1H3,(H,3,4). The molecule has 0 heterocycles. The molecule has 0 unspecified atom stereocenters. The van der Waals surface area contributed by atoms with Crippen molar-refractivity contribution >= 4 is 35.5 Å². The van der Waals surface area contributed by atoms with Gasteiger partial charge in [-0.2, -0.15) is 0 Å². The Hall–Kier alpha value is -3.75. The molecular weight excluding hydrogens is 468 g/mol. The van der Waals surface area contributed by atoms with Crippen LogP contribution in [0, 0.1) is 0 Å². The topological polar surface area (TPSA) is 263 Å². The number of rotatable bonds is 7. The van der Waals surface area contributed by atoms with Gasteiger partial charge in [0, 0.05) is 73.0 Å². The highest BCUT2D eigenvalue weighted by Crippen LogP contribution is 2.04. The number of nitrogens with two attached hydrogens (primary N) is 2. The Bertz CT molecular complexity index is 594. The first-order valence-corrected chi connectivity index (χ1v) is 9.92. The highest BCUT2D eigenvalue weighted by Gasteiger charge is 1.91. The van der Waals surface area contributed by atoms with Gasteiger partial charge in [0.1, 0.15) is 0 Å². The smallest absolute Gasteiger partial charge is 0.300 e. The van der Waals surface area contributed by atoms with E-state index >= 15 is 0 Å². The average Bonchev–Trinajstić information content (AvgIpc) is 2.64. The number of anilines is 1. The molecule has 0 saturated carbocycles. The van der Waals surface area contributed by atoms with Gasteiger partial charge >= 0.3 is 0 Å². The monoisotopic (exact) mass is 508 g/mol. The van der Waals surface area contributed by atoms with Crippen LogP contribution in [-0.2, 0) is 30.5 Å². The normalized spacial score (nSPS) is 8.06. The number of hydrogen-bond donors (Lipinski definition) is 9. The van der Waals surface area contributed by atoms with Crippen LogP contribution < -0.4 is 22.1 Å². The quantitative estimate of drug-likeness (QED) is 0.178. The van der Waals surface area contributed by atoms with E-state index in [9.17, 15) is 0 Å². The van der Waals surface area contributed by atoms with Gasteiger partial charge in [-0.05, 0) is 17.7 Å². The van der Waals surface area contributed by atoms with E-state index < -0.39 is 29.8 Å². The highest BCUT2D eigenvalue weighted by molar-refractivity contribution is 5.63. The summed E-state index contributed by atoms with van der Waals surface area (Å²) >= 11 is 0. The molecule has 0 spiro atoms. The number of hydrogen-bond acceptors (Lipinski definition) is 9. The summed E-state index contributed by atoms with van der Waals surface area (Å²) in [6, 6.07) is 7.92. The minimum Gasteiger partial charge on any atom is -0.481 e. The number of benzene rings is 1. The lowest BCUT2D eigenvalue weighted by Gasteiger charge is -2.06. The fourth-order valence-electron chi connectivity index (χ4n) is 1.27. The van der Waals surface area contributed by atoms with E-state index in [4.69, 9.17) is 61.0 Å². The number of nitrogens with one attached hydrogen (secondary N) is 2. The van der Waals surface area contributed by atoms with Gasteiger partial charge in [0.05, 0.1) is 0 Å². The first kappa shape index (κ1) is 41.5. The molecule has 1 rings (SSSR count). The van der Waals surface area contributed by atoms with Crippen LogP contribution in [0.3, 0.4) is 0 Å². The SMILES string of the molecule is CC(=O)O.CC(=O)O.CC(=O)O.CC(=O)O.CC(=O)O.NCCNCCNCc1ccc(N)cc1. The van der Waals surface area contributed by atoms with Gasteiger partial charge in [0.25, 0.3) is 29.8 Å². The van der Waals surface area contributed by atoms with Crippen molar-refractivity contribution in [1.29, 1.82) is 0 Å². The van der Waals surface area contributed by atoms with Gasteiger partial charge in [0.15, 0.2) is 0 Å². The predicted octanol–water partition coefficient (Wildman–Crippen LogP) is 0.361. The molecule has 0 aromatic heterocycles. The van der Waals surface area contributed by atoms with Crippen LogP contribution in [0.5, 0.6) is 0 Å². The van der Waals surface area contributed by atoms with Crippen molar-refractivity contribution in [3.63, 3.8) is 0 Å². The molecule has 0 fully saturated rings. The van der Waals surface area contributed by atoms with Gasteiger partial charge < -0.3 is 47.6 Å². The fourth-order valence-corrected chi connectivity index (χ4v) is 1.27. The molecular formula is C21H40N4O10. The maximum absolute atomic E-state index is 9.00. The summed E-state index contributed by atoms with van der Waals surface area (Å²) in [4.78, 5) is 45.0. The Morgan fingerprint density at radius 1 is 0.629 bits per heavy atom. The molecule has 11 N–H and O–H groups in total. The lowest BCUT2D eigenvalue weighted by Crippen LogP contribution is -2.30. The maximum Gasteiger partial charge on any atom is 0.300 e. The molecule has 14 nitrogen and oxygen atoms in total. The van der Waals surface area contributed by atoms with Crippen LogP contribution in [0.1, 0.15) is 40.2 Å². The zero-order valence-corrected chi connectivity index (χ0v) is 20.8. The van der Waals surface area contributed by atoms with Crippen LogP contribution in [-0.4, -0.2) is 81.6 Å². The van der Waals surface area contributed by atoms with Gasteiger partial charge in [-0.3, -0.25) is 24.0 Å². The molecule has 0 atom stereocenters. The van der Waals surface area contributed by atoms with Crippen molar-refractivity contribution < 1.29 is 49.5 Å².